The first-order valence-electron chi connectivity index (χ1n) is 11.8. The second kappa shape index (κ2) is 12.0. The zero-order valence-corrected chi connectivity index (χ0v) is 22.8. The number of piperidine rings is 1. The Morgan fingerprint density at radius 1 is 1.16 bits per heavy atom. The Hall–Kier alpha value is -0.190. The fourth-order valence-corrected chi connectivity index (χ4v) is 6.21. The highest BCUT2D eigenvalue weighted by Gasteiger charge is 2.51. The van der Waals surface area contributed by atoms with Crippen LogP contribution in [0.5, 0.6) is 0 Å². The maximum Gasteiger partial charge on any atom is 0.326 e. The molecule has 0 aliphatic carbocycles. The van der Waals surface area contributed by atoms with Crippen molar-refractivity contribution in [3.05, 3.63) is 0 Å². The van der Waals surface area contributed by atoms with Crippen molar-refractivity contribution in [3.63, 3.8) is 0 Å². The highest BCUT2D eigenvalue weighted by molar-refractivity contribution is 8.29. The van der Waals surface area contributed by atoms with Crippen LogP contribution in [0, 0.1) is 0 Å². The van der Waals surface area contributed by atoms with Gasteiger partial charge in [0.1, 0.15) is 16.6 Å². The van der Waals surface area contributed by atoms with Crippen LogP contribution in [0.3, 0.4) is 0 Å². The van der Waals surface area contributed by atoms with Crippen molar-refractivity contribution in [2.75, 3.05) is 52.0 Å². The summed E-state index contributed by atoms with van der Waals surface area (Å²) in [6, 6.07) is 0. The Labute approximate surface area is 199 Å². The smallest absolute Gasteiger partial charge is 0.326 e. The maximum absolute atomic E-state index is 13.6. The van der Waals surface area contributed by atoms with Gasteiger partial charge in [0.05, 0.1) is 12.7 Å². The second-order valence-electron chi connectivity index (χ2n) is 10.4. The van der Waals surface area contributed by atoms with Gasteiger partial charge in [-0.1, -0.05) is 13.8 Å². The standard InChI is InChI=1S/C23H45NO6S2/c1-19(2)32(6,7)29-16-8-15-28-20-9-13-24(14-10-20)31(26)23(11-17-27-18-12-23)21(25)30-22(3,4)5/h19-20H,8-18H2,1-7H3. The number of carbonyl (C=O) groups is 1. The number of hydrogen-bond donors (Lipinski definition) is 0. The van der Waals surface area contributed by atoms with Crippen molar-refractivity contribution in [1.29, 1.82) is 0 Å². The highest BCUT2D eigenvalue weighted by Crippen LogP contribution is 2.46. The first kappa shape index (κ1) is 28.1. The zero-order chi connectivity index (χ0) is 24.0. The number of rotatable bonds is 10. The normalized spacial score (nSPS) is 22.6. The Morgan fingerprint density at radius 2 is 1.75 bits per heavy atom. The minimum absolute atomic E-state index is 0.167. The average Bonchev–Trinajstić information content (AvgIpc) is 2.72. The summed E-state index contributed by atoms with van der Waals surface area (Å²) in [6.07, 6.45) is 7.96. The van der Waals surface area contributed by atoms with E-state index in [9.17, 15) is 9.00 Å². The molecule has 0 bridgehead atoms. The fraction of sp³-hybridized carbons (Fsp3) is 0.957. The molecule has 9 heteroatoms. The third-order valence-electron chi connectivity index (χ3n) is 6.21. The molecule has 2 fully saturated rings. The van der Waals surface area contributed by atoms with E-state index in [1.165, 1.54) is 0 Å². The summed E-state index contributed by atoms with van der Waals surface area (Å²) in [5.41, 5.74) is -0.608. The summed E-state index contributed by atoms with van der Waals surface area (Å²) in [4.78, 5) is 13.1. The molecule has 2 aliphatic heterocycles. The first-order valence-corrected chi connectivity index (χ1v) is 15.4. The predicted molar refractivity (Wildman–Crippen MR) is 132 cm³/mol. The van der Waals surface area contributed by atoms with Gasteiger partial charge >= 0.3 is 5.97 Å². The summed E-state index contributed by atoms with van der Waals surface area (Å²) in [5, 5.41) is 0.549. The van der Waals surface area contributed by atoms with E-state index in [0.717, 1.165) is 25.9 Å². The van der Waals surface area contributed by atoms with Gasteiger partial charge in [-0.25, -0.2) is 8.51 Å². The Morgan fingerprint density at radius 3 is 2.28 bits per heavy atom. The van der Waals surface area contributed by atoms with Gasteiger partial charge in [0.2, 0.25) is 0 Å². The molecular formula is C23H45NO6S2. The van der Waals surface area contributed by atoms with Gasteiger partial charge in [0.25, 0.3) is 0 Å². The molecule has 1 unspecified atom stereocenters. The lowest BCUT2D eigenvalue weighted by atomic mass is 9.99. The maximum atomic E-state index is 13.6. The minimum Gasteiger partial charge on any atom is -0.459 e. The molecule has 1 atom stereocenters. The van der Waals surface area contributed by atoms with Crippen LogP contribution in [0.25, 0.3) is 0 Å². The topological polar surface area (TPSA) is 74.3 Å². The van der Waals surface area contributed by atoms with Gasteiger partial charge in [-0.05, 0) is 65.4 Å². The number of esters is 1. The predicted octanol–water partition coefficient (Wildman–Crippen LogP) is 3.82. The van der Waals surface area contributed by atoms with Crippen molar-refractivity contribution >= 4 is 27.3 Å². The van der Waals surface area contributed by atoms with E-state index < -0.39 is 31.6 Å². The molecular weight excluding hydrogens is 450 g/mol. The van der Waals surface area contributed by atoms with Crippen molar-refractivity contribution in [2.24, 2.45) is 0 Å². The highest BCUT2D eigenvalue weighted by atomic mass is 32.3. The van der Waals surface area contributed by atoms with Crippen molar-refractivity contribution in [3.8, 4) is 0 Å². The lowest BCUT2D eigenvalue weighted by molar-refractivity contribution is -0.160. The van der Waals surface area contributed by atoms with E-state index in [1.807, 2.05) is 25.1 Å². The van der Waals surface area contributed by atoms with Crippen molar-refractivity contribution in [1.82, 2.24) is 4.31 Å². The summed E-state index contributed by atoms with van der Waals surface area (Å²) in [6.45, 7) is 13.5. The quantitative estimate of drug-likeness (QED) is 0.339. The molecule has 0 aromatic carbocycles. The van der Waals surface area contributed by atoms with Gasteiger partial charge < -0.3 is 18.4 Å². The molecule has 0 amide bonds. The molecule has 2 heterocycles. The number of nitrogens with zero attached hydrogens (tertiary/aromatic N) is 1. The molecule has 0 aromatic rings. The molecule has 2 aliphatic rings. The molecule has 32 heavy (non-hydrogen) atoms. The largest absolute Gasteiger partial charge is 0.459 e. The molecule has 0 N–H and O–H groups in total. The number of hydrogen-bond acceptors (Lipinski definition) is 6. The van der Waals surface area contributed by atoms with Gasteiger partial charge in [-0.2, -0.15) is 0 Å². The summed E-state index contributed by atoms with van der Waals surface area (Å²) in [5.74, 6) is -0.364. The summed E-state index contributed by atoms with van der Waals surface area (Å²) < 4.78 is 37.8. The summed E-state index contributed by atoms with van der Waals surface area (Å²) >= 11 is 0. The lowest BCUT2D eigenvalue weighted by Crippen LogP contribution is -2.56. The SMILES string of the molecule is CC(C)S(C)(C)OCCCOC1CCN(S(=O)C2(C(=O)OC(C)(C)C)CCOCC2)CC1. The van der Waals surface area contributed by atoms with Gasteiger partial charge in [-0.15, -0.1) is 10.3 Å². The Kier molecular flexibility index (Phi) is 10.5. The van der Waals surface area contributed by atoms with E-state index in [1.54, 1.807) is 0 Å². The van der Waals surface area contributed by atoms with Gasteiger partial charge in [0.15, 0.2) is 4.75 Å². The van der Waals surface area contributed by atoms with Gasteiger partial charge in [0, 0.05) is 38.2 Å². The lowest BCUT2D eigenvalue weighted by Gasteiger charge is -2.41. The van der Waals surface area contributed by atoms with E-state index in [4.69, 9.17) is 18.4 Å². The molecule has 0 aromatic heterocycles. The number of ether oxygens (including phenoxy) is 3. The van der Waals surface area contributed by atoms with Crippen molar-refractivity contribution in [2.45, 2.75) is 88.4 Å². The van der Waals surface area contributed by atoms with E-state index >= 15 is 0 Å². The zero-order valence-electron chi connectivity index (χ0n) is 21.1. The van der Waals surface area contributed by atoms with Crippen LogP contribution < -0.4 is 0 Å². The summed E-state index contributed by atoms with van der Waals surface area (Å²) in [7, 11) is -2.45. The van der Waals surface area contributed by atoms with Crippen LogP contribution >= 0.6 is 10.3 Å². The van der Waals surface area contributed by atoms with E-state index in [0.29, 0.717) is 51.0 Å². The molecule has 0 saturated carbocycles. The van der Waals surface area contributed by atoms with E-state index in [-0.39, 0.29) is 12.1 Å². The minimum atomic E-state index is -1.45. The van der Waals surface area contributed by atoms with Crippen molar-refractivity contribution < 1.29 is 27.4 Å². The Bertz CT molecular complexity index is 620. The van der Waals surface area contributed by atoms with Crippen LogP contribution in [-0.4, -0.2) is 88.2 Å². The molecule has 2 saturated heterocycles. The molecule has 2 rings (SSSR count). The molecule has 0 radical (unpaired) electrons. The third kappa shape index (κ3) is 7.94. The molecule has 7 nitrogen and oxygen atoms in total. The Balaban J connectivity index is 1.82. The van der Waals surface area contributed by atoms with Crippen LogP contribution in [0.1, 0.15) is 66.7 Å². The molecule has 190 valence electrons. The second-order valence-corrected chi connectivity index (χ2v) is 16.0. The first-order chi connectivity index (χ1) is 14.9. The molecule has 0 spiro atoms. The van der Waals surface area contributed by atoms with Crippen LogP contribution in [0.4, 0.5) is 0 Å². The number of carbonyl (C=O) groups excluding carboxylic acids is 1. The monoisotopic (exact) mass is 495 g/mol. The van der Waals surface area contributed by atoms with Crippen LogP contribution in [0.2, 0.25) is 0 Å². The van der Waals surface area contributed by atoms with E-state index in [2.05, 4.69) is 26.4 Å². The third-order valence-corrected chi connectivity index (χ3v) is 11.3. The fourth-order valence-electron chi connectivity index (χ4n) is 3.65. The van der Waals surface area contributed by atoms with Crippen LogP contribution in [0.15, 0.2) is 0 Å². The average molecular weight is 496 g/mol. The van der Waals surface area contributed by atoms with Gasteiger partial charge in [-0.3, -0.25) is 4.79 Å². The van der Waals surface area contributed by atoms with Crippen LogP contribution in [-0.2, 0) is 34.2 Å².